The van der Waals surface area contributed by atoms with E-state index in [0.717, 1.165) is 0 Å². The summed E-state index contributed by atoms with van der Waals surface area (Å²) in [6, 6.07) is 0.0408. The number of rotatable bonds is 0. The van der Waals surface area contributed by atoms with Crippen LogP contribution in [-0.2, 0) is 0 Å². The molecule has 0 unspecified atom stereocenters. The number of hydrogen-bond donors (Lipinski definition) is 2. The molecule has 13 heavy (non-hydrogen) atoms. The van der Waals surface area contributed by atoms with Crippen LogP contribution < -0.4 is 22.1 Å². The largest absolute Gasteiger partial charge is 0.369 e. The minimum absolute atomic E-state index is 0.0408. The van der Waals surface area contributed by atoms with Crippen LogP contribution >= 0.6 is 0 Å². The first kappa shape index (κ1) is 7.90. The molecule has 6 heteroatoms. The zero-order chi connectivity index (χ0) is 9.42. The molecule has 1 aliphatic heterocycles. The first-order valence-electron chi connectivity index (χ1n) is 3.95. The van der Waals surface area contributed by atoms with Crippen molar-refractivity contribution < 1.29 is 0 Å². The lowest BCUT2D eigenvalue weighted by Crippen LogP contribution is -2.47. The van der Waals surface area contributed by atoms with Crippen LogP contribution in [0, 0.1) is 0 Å². The van der Waals surface area contributed by atoms with Gasteiger partial charge in [0.1, 0.15) is 0 Å². The molecule has 68 valence electrons. The molecular weight excluding hydrogens is 170 g/mol. The Hall–Kier alpha value is -1.72. The standard InChI is InChI=1S/C7H9N5O/c1-3-2-9-5-4(10-3)6(13)12-7(8)11-5/h3H,2H2,1H3,(H3,8,9,11,12,13)/t3-/m1/s1. The average molecular weight is 179 g/mol. The molecule has 1 aromatic rings. The average Bonchev–Trinajstić information content (AvgIpc) is 2.06. The number of fused-ring (bicyclic) bond motifs is 1. The third-order valence-electron chi connectivity index (χ3n) is 1.75. The first-order chi connectivity index (χ1) is 6.16. The van der Waals surface area contributed by atoms with E-state index in [-0.39, 0.29) is 22.9 Å². The first-order valence-corrected chi connectivity index (χ1v) is 3.95. The Morgan fingerprint density at radius 1 is 1.62 bits per heavy atom. The molecule has 2 heterocycles. The van der Waals surface area contributed by atoms with Crippen LogP contribution in [0.5, 0.6) is 0 Å². The molecular formula is C7H9N5O. The lowest BCUT2D eigenvalue weighted by Gasteiger charge is -2.05. The molecule has 0 saturated heterocycles. The maximum Gasteiger partial charge on any atom is 0.280 e. The monoisotopic (exact) mass is 179 g/mol. The Balaban J connectivity index is 2.88. The van der Waals surface area contributed by atoms with E-state index in [4.69, 9.17) is 5.73 Å². The fourth-order valence-corrected chi connectivity index (χ4v) is 1.18. The lowest BCUT2D eigenvalue weighted by atomic mass is 10.3. The Kier molecular flexibility index (Phi) is 1.61. The van der Waals surface area contributed by atoms with Gasteiger partial charge in [-0.1, -0.05) is 0 Å². The van der Waals surface area contributed by atoms with Gasteiger partial charge in [-0.25, -0.2) is 0 Å². The topological polar surface area (TPSA) is 96.5 Å². The van der Waals surface area contributed by atoms with E-state index in [1.807, 2.05) is 6.92 Å². The van der Waals surface area contributed by atoms with Gasteiger partial charge >= 0.3 is 0 Å². The second-order valence-electron chi connectivity index (χ2n) is 2.94. The fraction of sp³-hybridized carbons (Fsp3) is 0.429. The molecule has 1 atom stereocenters. The van der Waals surface area contributed by atoms with Crippen molar-refractivity contribution in [3.63, 3.8) is 0 Å². The van der Waals surface area contributed by atoms with Crippen molar-refractivity contribution in [1.82, 2.24) is 9.97 Å². The van der Waals surface area contributed by atoms with Crippen LogP contribution in [0.4, 0.5) is 5.95 Å². The molecule has 0 saturated carbocycles. The van der Waals surface area contributed by atoms with Gasteiger partial charge in [-0.2, -0.15) is 4.98 Å². The zero-order valence-corrected chi connectivity index (χ0v) is 7.11. The summed E-state index contributed by atoms with van der Waals surface area (Å²) in [6.45, 7) is 2.45. The maximum atomic E-state index is 11.3. The van der Waals surface area contributed by atoms with Gasteiger partial charge in [0.25, 0.3) is 5.56 Å². The highest BCUT2D eigenvalue weighted by molar-refractivity contribution is 5.12. The van der Waals surface area contributed by atoms with E-state index in [1.54, 1.807) is 0 Å². The van der Waals surface area contributed by atoms with Crippen LogP contribution in [0.2, 0.25) is 0 Å². The zero-order valence-electron chi connectivity index (χ0n) is 7.11. The van der Waals surface area contributed by atoms with Gasteiger partial charge in [-0.3, -0.25) is 19.8 Å². The van der Waals surface area contributed by atoms with E-state index in [2.05, 4.69) is 20.0 Å². The Morgan fingerprint density at radius 2 is 2.38 bits per heavy atom. The molecule has 2 rings (SSSR count). The van der Waals surface area contributed by atoms with E-state index >= 15 is 0 Å². The Labute approximate surface area is 73.3 Å². The molecule has 0 fully saturated rings. The summed E-state index contributed by atoms with van der Waals surface area (Å²) in [6.07, 6.45) is 0. The number of nitrogens with zero attached hydrogens (tertiary/aromatic N) is 3. The summed E-state index contributed by atoms with van der Waals surface area (Å²) in [7, 11) is 0. The van der Waals surface area contributed by atoms with Gasteiger partial charge in [-0.05, 0) is 6.92 Å². The van der Waals surface area contributed by atoms with Crippen molar-refractivity contribution >= 4 is 5.95 Å². The predicted octanol–water partition coefficient (Wildman–Crippen LogP) is -2.01. The molecule has 1 aliphatic rings. The van der Waals surface area contributed by atoms with Crippen LogP contribution in [0.3, 0.4) is 0 Å². The highest BCUT2D eigenvalue weighted by Gasteiger charge is 2.07. The molecule has 0 radical (unpaired) electrons. The summed E-state index contributed by atoms with van der Waals surface area (Å²) >= 11 is 0. The van der Waals surface area contributed by atoms with Gasteiger partial charge in [-0.15, -0.1) is 0 Å². The number of anilines is 1. The fourth-order valence-electron chi connectivity index (χ4n) is 1.18. The molecule has 0 bridgehead atoms. The summed E-state index contributed by atoms with van der Waals surface area (Å²) < 4.78 is 0. The number of hydrogen-bond acceptors (Lipinski definition) is 5. The van der Waals surface area contributed by atoms with E-state index < -0.39 is 0 Å². The van der Waals surface area contributed by atoms with E-state index in [1.165, 1.54) is 0 Å². The second kappa shape index (κ2) is 2.65. The Morgan fingerprint density at radius 3 is 3.15 bits per heavy atom. The van der Waals surface area contributed by atoms with Gasteiger partial charge in [0.15, 0.2) is 10.8 Å². The normalized spacial score (nSPS) is 19.9. The number of H-pyrrole nitrogens is 1. The van der Waals surface area contributed by atoms with Crippen LogP contribution in [0.25, 0.3) is 0 Å². The second-order valence-corrected chi connectivity index (χ2v) is 2.94. The number of nitrogens with one attached hydrogen (secondary N) is 1. The molecule has 0 amide bonds. The third-order valence-corrected chi connectivity index (χ3v) is 1.75. The van der Waals surface area contributed by atoms with Crippen molar-refractivity contribution in [1.29, 1.82) is 0 Å². The van der Waals surface area contributed by atoms with Crippen molar-refractivity contribution in [3.05, 3.63) is 21.2 Å². The number of aromatic amines is 1. The quantitative estimate of drug-likeness (QED) is 0.481. The molecule has 0 aromatic carbocycles. The molecule has 0 aliphatic carbocycles. The molecule has 1 aromatic heterocycles. The summed E-state index contributed by atoms with van der Waals surface area (Å²) in [5.74, 6) is 0.0808. The predicted molar refractivity (Wildman–Crippen MR) is 45.9 cm³/mol. The summed E-state index contributed by atoms with van der Waals surface area (Å²) in [4.78, 5) is 25.8. The highest BCUT2D eigenvalue weighted by atomic mass is 16.1. The minimum atomic E-state index is -0.321. The summed E-state index contributed by atoms with van der Waals surface area (Å²) in [5.41, 5.74) is 5.37. The van der Waals surface area contributed by atoms with Crippen LogP contribution in [0.1, 0.15) is 6.92 Å². The van der Waals surface area contributed by atoms with E-state index in [9.17, 15) is 4.79 Å². The van der Waals surface area contributed by atoms with Crippen LogP contribution in [0.15, 0.2) is 14.8 Å². The summed E-state index contributed by atoms with van der Waals surface area (Å²) in [5, 5.41) is 0.285. The smallest absolute Gasteiger partial charge is 0.280 e. The van der Waals surface area contributed by atoms with Crippen molar-refractivity contribution in [3.8, 4) is 0 Å². The Bertz CT molecular complexity index is 503. The number of nitrogens with two attached hydrogens (primary N) is 1. The van der Waals surface area contributed by atoms with Gasteiger partial charge < -0.3 is 5.73 Å². The van der Waals surface area contributed by atoms with E-state index in [0.29, 0.717) is 12.0 Å². The van der Waals surface area contributed by atoms with Crippen molar-refractivity contribution in [2.45, 2.75) is 13.0 Å². The lowest BCUT2D eigenvalue weighted by molar-refractivity contribution is 0.674. The number of nitrogen functional groups attached to an aromatic ring is 1. The van der Waals surface area contributed by atoms with Gasteiger partial charge in [0.2, 0.25) is 5.95 Å². The maximum absolute atomic E-state index is 11.3. The molecule has 6 nitrogen and oxygen atoms in total. The third kappa shape index (κ3) is 1.30. The van der Waals surface area contributed by atoms with Crippen LogP contribution in [-0.4, -0.2) is 22.6 Å². The molecule has 3 N–H and O–H groups in total. The minimum Gasteiger partial charge on any atom is -0.369 e. The van der Waals surface area contributed by atoms with Crippen molar-refractivity contribution in [2.24, 2.45) is 9.98 Å². The van der Waals surface area contributed by atoms with Crippen molar-refractivity contribution in [2.75, 3.05) is 12.3 Å². The highest BCUT2D eigenvalue weighted by Crippen LogP contribution is 1.88. The number of aromatic nitrogens is 2. The van der Waals surface area contributed by atoms with Gasteiger partial charge in [0, 0.05) is 0 Å². The SMILES string of the molecule is C[C@@H]1CN=c2nc(N)[nH]c(=O)c2=N1. The van der Waals surface area contributed by atoms with Gasteiger partial charge in [0.05, 0.1) is 12.6 Å². The molecule has 0 spiro atoms.